The largest absolute Gasteiger partial charge is 0.287 e. The lowest BCUT2D eigenvalue weighted by molar-refractivity contribution is 0.106. The van der Waals surface area contributed by atoms with Gasteiger partial charge in [-0.25, -0.2) is 0 Å². The van der Waals surface area contributed by atoms with Crippen LogP contribution in [0.3, 0.4) is 0 Å². The molecule has 1 aliphatic heterocycles. The summed E-state index contributed by atoms with van der Waals surface area (Å²) in [6.07, 6.45) is 3.34. The Morgan fingerprint density at radius 1 is 1.17 bits per heavy atom. The van der Waals surface area contributed by atoms with Crippen LogP contribution in [0.2, 0.25) is 0 Å². The van der Waals surface area contributed by atoms with Gasteiger partial charge in [0.15, 0.2) is 0 Å². The number of carbonyl (C=O) groups is 1. The van der Waals surface area contributed by atoms with Gasteiger partial charge in [0.1, 0.15) is 5.71 Å². The molecule has 1 heterocycles. The molecule has 2 nitrogen and oxygen atoms in total. The lowest BCUT2D eigenvalue weighted by Gasteiger charge is -2.03. The third-order valence-corrected chi connectivity index (χ3v) is 1.71. The summed E-state index contributed by atoms with van der Waals surface area (Å²) in [5.41, 5.74) is 1.24. The molecule has 0 fully saturated rings. The van der Waals surface area contributed by atoms with Gasteiger partial charge in [-0.3, -0.25) is 9.79 Å². The highest BCUT2D eigenvalue weighted by Gasteiger charge is 2.13. The summed E-state index contributed by atoms with van der Waals surface area (Å²) in [6.45, 7) is 0. The van der Waals surface area contributed by atoms with E-state index in [2.05, 4.69) is 4.99 Å². The van der Waals surface area contributed by atoms with Crippen molar-refractivity contribution in [1.29, 1.82) is 0 Å². The number of aliphatic imine (C=N–C) groups is 1. The first kappa shape index (κ1) is 6.98. The smallest absolute Gasteiger partial charge is 0.211 e. The molecule has 0 spiro atoms. The van der Waals surface area contributed by atoms with Gasteiger partial charge in [-0.1, -0.05) is 30.3 Å². The Morgan fingerprint density at radius 2 is 1.83 bits per heavy atom. The first-order valence-corrected chi connectivity index (χ1v) is 3.72. The minimum absolute atomic E-state index is 0.00176. The summed E-state index contributed by atoms with van der Waals surface area (Å²) < 4.78 is 0. The Balaban J connectivity index is 2.26. The molecule has 0 atom stereocenters. The Kier molecular flexibility index (Phi) is 1.59. The van der Waals surface area contributed by atoms with Crippen molar-refractivity contribution in [3.8, 4) is 0 Å². The molecule has 0 aliphatic carbocycles. The first-order chi connectivity index (χ1) is 5.88. The van der Waals surface area contributed by atoms with Gasteiger partial charge < -0.3 is 0 Å². The summed E-state index contributed by atoms with van der Waals surface area (Å²) in [7, 11) is 0. The topological polar surface area (TPSA) is 29.4 Å². The second-order valence-corrected chi connectivity index (χ2v) is 2.53. The number of carbonyl (C=O) groups excluding carboxylic acids is 1. The predicted molar refractivity (Wildman–Crippen MR) is 47.3 cm³/mol. The number of benzene rings is 1. The van der Waals surface area contributed by atoms with E-state index in [1.807, 2.05) is 18.2 Å². The first-order valence-electron chi connectivity index (χ1n) is 3.72. The van der Waals surface area contributed by atoms with Crippen LogP contribution in [0, 0.1) is 0 Å². The van der Waals surface area contributed by atoms with E-state index in [4.69, 9.17) is 0 Å². The lowest BCUT2D eigenvalue weighted by atomic mass is 10.1. The van der Waals surface area contributed by atoms with Crippen LogP contribution in [0.25, 0.3) is 0 Å². The molecule has 0 bridgehead atoms. The molecule has 2 heteroatoms. The molecule has 2 rings (SSSR count). The van der Waals surface area contributed by atoms with Gasteiger partial charge in [0, 0.05) is 11.8 Å². The quantitative estimate of drug-likeness (QED) is 0.602. The monoisotopic (exact) mass is 157 g/mol. The number of hydrogen-bond donors (Lipinski definition) is 0. The Hall–Kier alpha value is -1.70. The SMILES string of the molecule is O=C(C1=NC=C1)c1ccccc1. The second kappa shape index (κ2) is 2.74. The highest BCUT2D eigenvalue weighted by Crippen LogP contribution is 2.06. The normalized spacial score (nSPS) is 13.5. The number of Topliss-reactive ketones (excluding diaryl/α,β-unsaturated/α-hetero) is 1. The molecule has 58 valence electrons. The Labute approximate surface area is 70.3 Å². The average Bonchev–Trinajstić information content (AvgIpc) is 2.03. The van der Waals surface area contributed by atoms with Crippen molar-refractivity contribution in [1.82, 2.24) is 0 Å². The highest BCUT2D eigenvalue weighted by molar-refractivity contribution is 6.51. The van der Waals surface area contributed by atoms with Gasteiger partial charge in [-0.05, 0) is 6.08 Å². The van der Waals surface area contributed by atoms with Gasteiger partial charge in [-0.15, -0.1) is 0 Å². The van der Waals surface area contributed by atoms with E-state index >= 15 is 0 Å². The standard InChI is InChI=1S/C10H7NO/c12-10(9-6-7-11-9)8-4-2-1-3-5-8/h1-7H. The third kappa shape index (κ3) is 1.07. The zero-order valence-corrected chi connectivity index (χ0v) is 6.40. The fourth-order valence-corrected chi connectivity index (χ4v) is 1.02. The number of hydrogen-bond acceptors (Lipinski definition) is 2. The average molecular weight is 157 g/mol. The van der Waals surface area contributed by atoms with Crippen molar-refractivity contribution >= 4 is 11.5 Å². The molecule has 0 amide bonds. The minimum atomic E-state index is -0.00176. The van der Waals surface area contributed by atoms with Crippen LogP contribution in [0.5, 0.6) is 0 Å². The summed E-state index contributed by atoms with van der Waals surface area (Å²) in [6, 6.07) is 9.15. The van der Waals surface area contributed by atoms with Crippen LogP contribution in [-0.2, 0) is 0 Å². The molecule has 1 aliphatic rings. The molecule has 0 unspecified atom stereocenters. The van der Waals surface area contributed by atoms with E-state index in [0.29, 0.717) is 11.3 Å². The molecule has 0 aromatic heterocycles. The van der Waals surface area contributed by atoms with Crippen molar-refractivity contribution in [2.45, 2.75) is 0 Å². The molecule has 0 saturated heterocycles. The second-order valence-electron chi connectivity index (χ2n) is 2.53. The van der Waals surface area contributed by atoms with Crippen molar-refractivity contribution in [2.75, 3.05) is 0 Å². The maximum Gasteiger partial charge on any atom is 0.211 e. The van der Waals surface area contributed by atoms with Crippen LogP contribution in [0.4, 0.5) is 0 Å². The molecule has 0 saturated carbocycles. The van der Waals surface area contributed by atoms with E-state index in [1.165, 1.54) is 0 Å². The van der Waals surface area contributed by atoms with Gasteiger partial charge in [0.05, 0.1) is 0 Å². The van der Waals surface area contributed by atoms with Crippen LogP contribution in [-0.4, -0.2) is 11.5 Å². The predicted octanol–water partition coefficient (Wildman–Crippen LogP) is 1.84. The van der Waals surface area contributed by atoms with E-state index in [9.17, 15) is 4.79 Å². The summed E-state index contributed by atoms with van der Waals surface area (Å²) in [5.74, 6) is -0.00176. The zero-order valence-electron chi connectivity index (χ0n) is 6.40. The third-order valence-electron chi connectivity index (χ3n) is 1.71. The van der Waals surface area contributed by atoms with Crippen LogP contribution in [0.15, 0.2) is 47.6 Å². The van der Waals surface area contributed by atoms with E-state index < -0.39 is 0 Å². The number of ketones is 1. The fraction of sp³-hybridized carbons (Fsp3) is 0. The molecule has 0 N–H and O–H groups in total. The molecular weight excluding hydrogens is 150 g/mol. The van der Waals surface area contributed by atoms with Gasteiger partial charge in [-0.2, -0.15) is 0 Å². The van der Waals surface area contributed by atoms with E-state index in [1.54, 1.807) is 24.4 Å². The van der Waals surface area contributed by atoms with Gasteiger partial charge >= 0.3 is 0 Å². The Bertz CT molecular complexity index is 363. The molecule has 1 aromatic rings. The molecule has 0 radical (unpaired) electrons. The Morgan fingerprint density at radius 3 is 2.33 bits per heavy atom. The van der Waals surface area contributed by atoms with Crippen molar-refractivity contribution in [3.05, 3.63) is 48.2 Å². The van der Waals surface area contributed by atoms with Crippen molar-refractivity contribution in [2.24, 2.45) is 4.99 Å². The van der Waals surface area contributed by atoms with Crippen molar-refractivity contribution in [3.63, 3.8) is 0 Å². The zero-order chi connectivity index (χ0) is 8.39. The molecule has 1 aromatic carbocycles. The van der Waals surface area contributed by atoms with Gasteiger partial charge in [0.25, 0.3) is 0 Å². The number of rotatable bonds is 2. The summed E-state index contributed by atoms with van der Waals surface area (Å²) >= 11 is 0. The number of nitrogens with zero attached hydrogens (tertiary/aromatic N) is 1. The van der Waals surface area contributed by atoms with Crippen LogP contribution < -0.4 is 0 Å². The maximum absolute atomic E-state index is 11.4. The number of allylic oxidation sites excluding steroid dienone is 1. The fourth-order valence-electron chi connectivity index (χ4n) is 1.02. The van der Waals surface area contributed by atoms with Gasteiger partial charge in [0.2, 0.25) is 5.78 Å². The minimum Gasteiger partial charge on any atom is -0.287 e. The molecule has 12 heavy (non-hydrogen) atoms. The van der Waals surface area contributed by atoms with Crippen LogP contribution in [0.1, 0.15) is 10.4 Å². The van der Waals surface area contributed by atoms with Crippen LogP contribution >= 0.6 is 0 Å². The maximum atomic E-state index is 11.4. The molecular formula is C10H7NO. The lowest BCUT2D eigenvalue weighted by Crippen LogP contribution is -2.14. The summed E-state index contributed by atoms with van der Waals surface area (Å²) in [4.78, 5) is 15.3. The van der Waals surface area contributed by atoms with E-state index in [-0.39, 0.29) is 5.78 Å². The summed E-state index contributed by atoms with van der Waals surface area (Å²) in [5, 5.41) is 0. The van der Waals surface area contributed by atoms with E-state index in [0.717, 1.165) is 0 Å². The van der Waals surface area contributed by atoms with Crippen molar-refractivity contribution < 1.29 is 4.79 Å². The highest BCUT2D eigenvalue weighted by atomic mass is 16.1.